The number of primary amides is 1. The second-order valence-electron chi connectivity index (χ2n) is 5.70. The summed E-state index contributed by atoms with van der Waals surface area (Å²) in [7, 11) is 0. The minimum absolute atomic E-state index is 0.244. The fourth-order valence-electron chi connectivity index (χ4n) is 2.91. The summed E-state index contributed by atoms with van der Waals surface area (Å²) in [4.78, 5) is 18.2. The van der Waals surface area contributed by atoms with Gasteiger partial charge in [0, 0.05) is 25.3 Å². The molecule has 0 aliphatic carbocycles. The zero-order valence-electron chi connectivity index (χ0n) is 12.3. The molecule has 1 fully saturated rings. The summed E-state index contributed by atoms with van der Waals surface area (Å²) in [5, 5.41) is 0. The molecule has 0 radical (unpaired) electrons. The number of hydrogen-bond acceptors (Lipinski definition) is 4. The Morgan fingerprint density at radius 1 is 1.55 bits per heavy atom. The molecule has 1 aliphatic rings. The first-order valence-electron chi connectivity index (χ1n) is 7.30. The molecular formula is C15H24N4O. The van der Waals surface area contributed by atoms with Crippen molar-refractivity contribution < 1.29 is 4.79 Å². The van der Waals surface area contributed by atoms with Crippen LogP contribution in [0.15, 0.2) is 12.3 Å². The molecule has 1 amide bonds. The van der Waals surface area contributed by atoms with Gasteiger partial charge in [-0.1, -0.05) is 13.3 Å². The summed E-state index contributed by atoms with van der Waals surface area (Å²) in [6.45, 7) is 5.77. The molecule has 2 rings (SSSR count). The SMILES string of the molecule is CCCC1CN(c2ncc(C)cc2C(N)=O)CCC1N. The Morgan fingerprint density at radius 3 is 2.95 bits per heavy atom. The number of pyridine rings is 1. The fraction of sp³-hybridized carbons (Fsp3) is 0.600. The number of aromatic nitrogens is 1. The lowest BCUT2D eigenvalue weighted by molar-refractivity contribution is 0.1000. The molecule has 5 heteroatoms. The fourth-order valence-corrected chi connectivity index (χ4v) is 2.91. The number of nitrogens with two attached hydrogens (primary N) is 2. The second-order valence-corrected chi connectivity index (χ2v) is 5.70. The van der Waals surface area contributed by atoms with Crippen LogP contribution >= 0.6 is 0 Å². The molecule has 5 nitrogen and oxygen atoms in total. The number of anilines is 1. The number of nitrogens with zero attached hydrogens (tertiary/aromatic N) is 2. The maximum Gasteiger partial charge on any atom is 0.252 e. The first kappa shape index (κ1) is 14.8. The van der Waals surface area contributed by atoms with E-state index in [4.69, 9.17) is 11.5 Å². The summed E-state index contributed by atoms with van der Waals surface area (Å²) < 4.78 is 0. The van der Waals surface area contributed by atoms with E-state index in [-0.39, 0.29) is 6.04 Å². The largest absolute Gasteiger partial charge is 0.365 e. The Hall–Kier alpha value is -1.62. The number of piperidine rings is 1. The topological polar surface area (TPSA) is 85.2 Å². The number of carbonyl (C=O) groups is 1. The predicted octanol–water partition coefficient (Wildman–Crippen LogP) is 1.44. The summed E-state index contributed by atoms with van der Waals surface area (Å²) in [5.74, 6) is 0.742. The van der Waals surface area contributed by atoms with Gasteiger partial charge in [-0.3, -0.25) is 4.79 Å². The Balaban J connectivity index is 2.25. The maximum absolute atomic E-state index is 11.6. The number of hydrogen-bond donors (Lipinski definition) is 2. The Kier molecular flexibility index (Phi) is 4.60. The zero-order chi connectivity index (χ0) is 14.7. The van der Waals surface area contributed by atoms with Gasteiger partial charge in [-0.25, -0.2) is 4.98 Å². The van der Waals surface area contributed by atoms with Crippen LogP contribution in [0.1, 0.15) is 42.1 Å². The third-order valence-electron chi connectivity index (χ3n) is 4.02. The van der Waals surface area contributed by atoms with Crippen LogP contribution in [0.2, 0.25) is 0 Å². The summed E-state index contributed by atoms with van der Waals surface area (Å²) >= 11 is 0. The average Bonchev–Trinajstić information content (AvgIpc) is 2.41. The van der Waals surface area contributed by atoms with Gasteiger partial charge in [0.1, 0.15) is 5.82 Å². The molecule has 1 saturated heterocycles. The first-order valence-corrected chi connectivity index (χ1v) is 7.30. The van der Waals surface area contributed by atoms with Crippen molar-refractivity contribution in [2.75, 3.05) is 18.0 Å². The van der Waals surface area contributed by atoms with E-state index in [0.717, 1.165) is 37.9 Å². The molecule has 0 bridgehead atoms. The third-order valence-corrected chi connectivity index (χ3v) is 4.02. The van der Waals surface area contributed by atoms with E-state index in [1.165, 1.54) is 0 Å². The lowest BCUT2D eigenvalue weighted by Gasteiger charge is -2.38. The molecule has 1 aromatic heterocycles. The van der Waals surface area contributed by atoms with Gasteiger partial charge in [0.25, 0.3) is 5.91 Å². The monoisotopic (exact) mass is 276 g/mol. The van der Waals surface area contributed by atoms with Gasteiger partial charge in [-0.2, -0.15) is 0 Å². The Bertz CT molecular complexity index is 489. The van der Waals surface area contributed by atoms with Gasteiger partial charge in [-0.15, -0.1) is 0 Å². The highest BCUT2D eigenvalue weighted by atomic mass is 16.1. The van der Waals surface area contributed by atoms with Crippen molar-refractivity contribution >= 4 is 11.7 Å². The highest BCUT2D eigenvalue weighted by molar-refractivity contribution is 5.97. The van der Waals surface area contributed by atoms with Gasteiger partial charge in [0.05, 0.1) is 5.56 Å². The van der Waals surface area contributed by atoms with Crippen molar-refractivity contribution in [3.63, 3.8) is 0 Å². The Morgan fingerprint density at radius 2 is 2.30 bits per heavy atom. The van der Waals surface area contributed by atoms with Crippen LogP contribution in [0.4, 0.5) is 5.82 Å². The zero-order valence-corrected chi connectivity index (χ0v) is 12.3. The summed E-state index contributed by atoms with van der Waals surface area (Å²) in [6, 6.07) is 2.06. The number of aryl methyl sites for hydroxylation is 1. The van der Waals surface area contributed by atoms with Crippen LogP contribution in [0.25, 0.3) is 0 Å². The van der Waals surface area contributed by atoms with Crippen LogP contribution in [-0.4, -0.2) is 30.0 Å². The molecule has 2 heterocycles. The number of rotatable bonds is 4. The van der Waals surface area contributed by atoms with Crippen molar-refractivity contribution in [3.8, 4) is 0 Å². The van der Waals surface area contributed by atoms with Gasteiger partial charge < -0.3 is 16.4 Å². The summed E-state index contributed by atoms with van der Waals surface area (Å²) in [6.07, 6.45) is 4.94. The molecule has 110 valence electrons. The van der Waals surface area contributed by atoms with Crippen LogP contribution in [0.5, 0.6) is 0 Å². The van der Waals surface area contributed by atoms with Crippen molar-refractivity contribution in [1.29, 1.82) is 0 Å². The van der Waals surface area contributed by atoms with Gasteiger partial charge in [0.2, 0.25) is 0 Å². The smallest absolute Gasteiger partial charge is 0.252 e. The number of amides is 1. The molecule has 4 N–H and O–H groups in total. The van der Waals surface area contributed by atoms with E-state index in [1.807, 2.05) is 13.0 Å². The molecule has 1 aromatic rings. The van der Waals surface area contributed by atoms with Gasteiger partial charge >= 0.3 is 0 Å². The number of carbonyl (C=O) groups excluding carboxylic acids is 1. The van der Waals surface area contributed by atoms with Crippen molar-refractivity contribution in [2.24, 2.45) is 17.4 Å². The molecule has 0 saturated carbocycles. The van der Waals surface area contributed by atoms with Crippen molar-refractivity contribution in [2.45, 2.75) is 39.2 Å². The minimum Gasteiger partial charge on any atom is -0.365 e. The van der Waals surface area contributed by atoms with Crippen LogP contribution < -0.4 is 16.4 Å². The Labute approximate surface area is 120 Å². The minimum atomic E-state index is -0.418. The molecule has 0 aromatic carbocycles. The molecule has 2 unspecified atom stereocenters. The van der Waals surface area contributed by atoms with E-state index in [9.17, 15) is 4.79 Å². The maximum atomic E-state index is 11.6. The standard InChI is InChI=1S/C15H24N4O/c1-3-4-11-9-19(6-5-13(11)16)15-12(14(17)20)7-10(2)8-18-15/h7-8,11,13H,3-6,9,16H2,1-2H3,(H2,17,20). The van der Waals surface area contributed by atoms with Crippen LogP contribution in [0, 0.1) is 12.8 Å². The van der Waals surface area contributed by atoms with E-state index in [1.54, 1.807) is 6.20 Å². The van der Waals surface area contributed by atoms with Crippen molar-refractivity contribution in [1.82, 2.24) is 4.98 Å². The lowest BCUT2D eigenvalue weighted by atomic mass is 9.89. The molecule has 20 heavy (non-hydrogen) atoms. The molecule has 1 aliphatic heterocycles. The van der Waals surface area contributed by atoms with E-state index in [0.29, 0.717) is 17.3 Å². The molecule has 0 spiro atoms. The lowest BCUT2D eigenvalue weighted by Crippen LogP contribution is -2.47. The predicted molar refractivity (Wildman–Crippen MR) is 80.7 cm³/mol. The van der Waals surface area contributed by atoms with Crippen LogP contribution in [0.3, 0.4) is 0 Å². The van der Waals surface area contributed by atoms with E-state index >= 15 is 0 Å². The van der Waals surface area contributed by atoms with Crippen LogP contribution in [-0.2, 0) is 0 Å². The third kappa shape index (κ3) is 3.10. The van der Waals surface area contributed by atoms with E-state index < -0.39 is 5.91 Å². The van der Waals surface area contributed by atoms with E-state index in [2.05, 4.69) is 16.8 Å². The highest BCUT2D eigenvalue weighted by Crippen LogP contribution is 2.26. The van der Waals surface area contributed by atoms with Gasteiger partial charge in [0.15, 0.2) is 0 Å². The molecular weight excluding hydrogens is 252 g/mol. The quantitative estimate of drug-likeness (QED) is 0.871. The average molecular weight is 276 g/mol. The normalized spacial score (nSPS) is 22.9. The first-order chi connectivity index (χ1) is 9.52. The summed E-state index contributed by atoms with van der Waals surface area (Å²) in [5.41, 5.74) is 13.1. The molecule has 2 atom stereocenters. The second kappa shape index (κ2) is 6.22. The van der Waals surface area contributed by atoms with Gasteiger partial charge in [-0.05, 0) is 37.3 Å². The highest BCUT2D eigenvalue weighted by Gasteiger charge is 2.28. The van der Waals surface area contributed by atoms with Crippen molar-refractivity contribution in [3.05, 3.63) is 23.4 Å².